The van der Waals surface area contributed by atoms with E-state index in [9.17, 15) is 4.79 Å². The molecule has 0 aliphatic carbocycles. The van der Waals surface area contributed by atoms with Gasteiger partial charge in [0.2, 0.25) is 0 Å². The van der Waals surface area contributed by atoms with E-state index in [0.717, 1.165) is 5.56 Å². The number of hydrogen-bond acceptors (Lipinski definition) is 3. The van der Waals surface area contributed by atoms with Crippen LogP contribution < -0.4 is 0 Å². The number of amides is 1. The minimum Gasteiger partial charge on any atom is -0.370 e. The maximum absolute atomic E-state index is 12.6. The van der Waals surface area contributed by atoms with Crippen molar-refractivity contribution >= 4 is 5.91 Å². The number of morpholine rings is 1. The van der Waals surface area contributed by atoms with Gasteiger partial charge in [-0.3, -0.25) is 9.78 Å². The maximum atomic E-state index is 12.6. The Balaban J connectivity index is 1.79. The summed E-state index contributed by atoms with van der Waals surface area (Å²) in [6.45, 7) is 3.14. The van der Waals surface area contributed by atoms with Gasteiger partial charge in [0.05, 0.1) is 19.2 Å². The molecule has 0 saturated carbocycles. The third kappa shape index (κ3) is 2.95. The van der Waals surface area contributed by atoms with Crippen LogP contribution in [0.25, 0.3) is 0 Å². The molecule has 4 nitrogen and oxygen atoms in total. The van der Waals surface area contributed by atoms with Crippen molar-refractivity contribution in [3.05, 3.63) is 66.0 Å². The number of carbonyl (C=O) groups excluding carboxylic acids is 1. The zero-order valence-electron chi connectivity index (χ0n) is 12.0. The Kier molecular flexibility index (Phi) is 3.97. The molecule has 2 aromatic rings. The van der Waals surface area contributed by atoms with Gasteiger partial charge in [-0.25, -0.2) is 0 Å². The van der Waals surface area contributed by atoms with Gasteiger partial charge in [0.1, 0.15) is 6.10 Å². The van der Waals surface area contributed by atoms with Crippen molar-refractivity contribution < 1.29 is 9.53 Å². The van der Waals surface area contributed by atoms with E-state index in [2.05, 4.69) is 4.98 Å². The number of nitrogens with zero attached hydrogens (tertiary/aromatic N) is 2. The summed E-state index contributed by atoms with van der Waals surface area (Å²) in [4.78, 5) is 18.5. The van der Waals surface area contributed by atoms with Gasteiger partial charge in [0.25, 0.3) is 5.91 Å². The molecule has 1 amide bonds. The van der Waals surface area contributed by atoms with Crippen molar-refractivity contribution in [3.8, 4) is 0 Å². The molecule has 21 heavy (non-hydrogen) atoms. The quantitative estimate of drug-likeness (QED) is 0.850. The zero-order chi connectivity index (χ0) is 14.7. The van der Waals surface area contributed by atoms with Crippen molar-refractivity contribution in [1.82, 2.24) is 9.88 Å². The first kappa shape index (κ1) is 13.8. The van der Waals surface area contributed by atoms with Crippen molar-refractivity contribution in [2.75, 3.05) is 13.2 Å². The van der Waals surface area contributed by atoms with E-state index in [-0.39, 0.29) is 18.1 Å². The highest BCUT2D eigenvalue weighted by molar-refractivity contribution is 5.94. The average molecular weight is 282 g/mol. The molecule has 1 aliphatic heterocycles. The SMILES string of the molecule is CC1COC(c2ccccc2)CN1C(=O)c1ccncc1. The first-order valence-electron chi connectivity index (χ1n) is 7.13. The number of hydrogen-bond donors (Lipinski definition) is 0. The molecule has 3 rings (SSSR count). The monoisotopic (exact) mass is 282 g/mol. The van der Waals surface area contributed by atoms with Gasteiger partial charge in [0.15, 0.2) is 0 Å². The maximum Gasteiger partial charge on any atom is 0.254 e. The molecule has 2 atom stereocenters. The van der Waals surface area contributed by atoms with E-state index in [1.165, 1.54) is 0 Å². The van der Waals surface area contributed by atoms with Crippen LogP contribution in [0.3, 0.4) is 0 Å². The summed E-state index contributed by atoms with van der Waals surface area (Å²) in [6, 6.07) is 13.6. The Bertz CT molecular complexity index is 601. The molecular formula is C17H18N2O2. The minimum atomic E-state index is -0.0619. The van der Waals surface area contributed by atoms with Gasteiger partial charge >= 0.3 is 0 Å². The fourth-order valence-electron chi connectivity index (χ4n) is 2.57. The van der Waals surface area contributed by atoms with Crippen LogP contribution in [-0.4, -0.2) is 35.0 Å². The Morgan fingerprint density at radius 2 is 1.90 bits per heavy atom. The van der Waals surface area contributed by atoms with Crippen LogP contribution in [0.15, 0.2) is 54.9 Å². The van der Waals surface area contributed by atoms with Gasteiger partial charge in [-0.2, -0.15) is 0 Å². The summed E-state index contributed by atoms with van der Waals surface area (Å²) < 4.78 is 5.89. The lowest BCUT2D eigenvalue weighted by Crippen LogP contribution is -2.48. The summed E-state index contributed by atoms with van der Waals surface area (Å²) in [7, 11) is 0. The van der Waals surface area contributed by atoms with Crippen molar-refractivity contribution in [2.24, 2.45) is 0 Å². The Labute approximate surface area is 124 Å². The van der Waals surface area contributed by atoms with E-state index < -0.39 is 0 Å². The van der Waals surface area contributed by atoms with E-state index in [1.807, 2.05) is 42.2 Å². The molecule has 1 aromatic carbocycles. The summed E-state index contributed by atoms with van der Waals surface area (Å²) in [5.74, 6) is 0.0362. The second kappa shape index (κ2) is 6.06. The fraction of sp³-hybridized carbons (Fsp3) is 0.294. The molecule has 2 heterocycles. The van der Waals surface area contributed by atoms with Crippen LogP contribution in [0.2, 0.25) is 0 Å². The fourth-order valence-corrected chi connectivity index (χ4v) is 2.57. The molecule has 2 unspecified atom stereocenters. The molecule has 1 aliphatic rings. The molecule has 0 bridgehead atoms. The molecule has 0 N–H and O–H groups in total. The summed E-state index contributed by atoms with van der Waals surface area (Å²) in [5, 5.41) is 0. The minimum absolute atomic E-state index is 0.0362. The molecule has 108 valence electrons. The van der Waals surface area contributed by atoms with Crippen LogP contribution in [0.1, 0.15) is 28.9 Å². The number of aromatic nitrogens is 1. The lowest BCUT2D eigenvalue weighted by atomic mass is 10.1. The Hall–Kier alpha value is -2.20. The third-order valence-corrected chi connectivity index (χ3v) is 3.79. The summed E-state index contributed by atoms with van der Waals surface area (Å²) in [6.07, 6.45) is 3.23. The Morgan fingerprint density at radius 1 is 1.19 bits per heavy atom. The predicted molar refractivity (Wildman–Crippen MR) is 79.9 cm³/mol. The van der Waals surface area contributed by atoms with Crippen LogP contribution in [0, 0.1) is 0 Å². The van der Waals surface area contributed by atoms with Crippen LogP contribution in [0.5, 0.6) is 0 Å². The number of carbonyl (C=O) groups is 1. The summed E-state index contributed by atoms with van der Waals surface area (Å²) >= 11 is 0. The second-order valence-corrected chi connectivity index (χ2v) is 5.28. The van der Waals surface area contributed by atoms with Crippen molar-refractivity contribution in [3.63, 3.8) is 0 Å². The van der Waals surface area contributed by atoms with Gasteiger partial charge in [-0.05, 0) is 24.6 Å². The predicted octanol–water partition coefficient (Wildman–Crippen LogP) is 2.68. The van der Waals surface area contributed by atoms with Crippen LogP contribution in [0.4, 0.5) is 0 Å². The van der Waals surface area contributed by atoms with Crippen molar-refractivity contribution in [2.45, 2.75) is 19.1 Å². The normalized spacial score (nSPS) is 22.0. The lowest BCUT2D eigenvalue weighted by Gasteiger charge is -2.38. The topological polar surface area (TPSA) is 42.4 Å². The van der Waals surface area contributed by atoms with E-state index in [4.69, 9.17) is 4.74 Å². The molecule has 1 aromatic heterocycles. The number of benzene rings is 1. The van der Waals surface area contributed by atoms with Gasteiger partial charge in [-0.1, -0.05) is 30.3 Å². The molecule has 0 radical (unpaired) electrons. The zero-order valence-corrected chi connectivity index (χ0v) is 12.0. The van der Waals surface area contributed by atoms with E-state index >= 15 is 0 Å². The average Bonchev–Trinajstić information content (AvgIpc) is 2.56. The Morgan fingerprint density at radius 3 is 2.62 bits per heavy atom. The number of pyridine rings is 1. The first-order valence-corrected chi connectivity index (χ1v) is 7.13. The second-order valence-electron chi connectivity index (χ2n) is 5.28. The molecule has 0 spiro atoms. The smallest absolute Gasteiger partial charge is 0.254 e. The molecular weight excluding hydrogens is 264 g/mol. The standard InChI is InChI=1S/C17H18N2O2/c1-13-12-21-16(14-5-3-2-4-6-14)11-19(13)17(20)15-7-9-18-10-8-15/h2-10,13,16H,11-12H2,1H3. The van der Waals surface area contributed by atoms with Gasteiger partial charge < -0.3 is 9.64 Å². The van der Waals surface area contributed by atoms with Gasteiger partial charge in [0, 0.05) is 18.0 Å². The third-order valence-electron chi connectivity index (χ3n) is 3.79. The molecule has 1 saturated heterocycles. The largest absolute Gasteiger partial charge is 0.370 e. The van der Waals surface area contributed by atoms with Crippen LogP contribution >= 0.6 is 0 Å². The van der Waals surface area contributed by atoms with E-state index in [1.54, 1.807) is 24.5 Å². The number of ether oxygens (including phenoxy) is 1. The van der Waals surface area contributed by atoms with Crippen LogP contribution in [-0.2, 0) is 4.74 Å². The van der Waals surface area contributed by atoms with Gasteiger partial charge in [-0.15, -0.1) is 0 Å². The lowest BCUT2D eigenvalue weighted by molar-refractivity contribution is -0.0486. The first-order chi connectivity index (χ1) is 10.3. The highest BCUT2D eigenvalue weighted by atomic mass is 16.5. The van der Waals surface area contributed by atoms with Crippen molar-refractivity contribution in [1.29, 1.82) is 0 Å². The highest BCUT2D eigenvalue weighted by Crippen LogP contribution is 2.25. The summed E-state index contributed by atoms with van der Waals surface area (Å²) in [5.41, 5.74) is 1.78. The van der Waals surface area contributed by atoms with E-state index in [0.29, 0.717) is 18.7 Å². The molecule has 1 fully saturated rings. The molecule has 4 heteroatoms. The number of rotatable bonds is 2. The highest BCUT2D eigenvalue weighted by Gasteiger charge is 2.30.